The molecule has 0 aliphatic heterocycles. The highest BCUT2D eigenvalue weighted by atomic mass is 14.7. The number of aryl methyl sites for hydroxylation is 1. The number of nitrogen functional groups attached to an aromatic ring is 1. The molecule has 0 saturated heterocycles. The summed E-state index contributed by atoms with van der Waals surface area (Å²) in [6, 6.07) is 2.03. The summed E-state index contributed by atoms with van der Waals surface area (Å²) in [5, 5.41) is 0. The van der Waals surface area contributed by atoms with Gasteiger partial charge in [0.2, 0.25) is 0 Å². The summed E-state index contributed by atoms with van der Waals surface area (Å²) in [5.41, 5.74) is 9.10. The predicted octanol–water partition coefficient (Wildman–Crippen LogP) is 2.63. The number of nitrogens with zero attached hydrogens (tertiary/aromatic N) is 1. The van der Waals surface area contributed by atoms with E-state index in [1.54, 1.807) is 0 Å². The number of aromatic nitrogens is 1. The lowest BCUT2D eigenvalue weighted by molar-refractivity contribution is 0.700. The standard InChI is InChI=1S/C11H16N2/c1-8-6-10(12)11(13-7-8)9-4-2-3-5-9/h6-7,9H,2-5,12H2,1H3. The minimum atomic E-state index is 0.626. The van der Waals surface area contributed by atoms with Crippen LogP contribution in [0.4, 0.5) is 5.69 Å². The first-order chi connectivity index (χ1) is 6.27. The Morgan fingerprint density at radius 2 is 2.08 bits per heavy atom. The molecule has 0 unspecified atom stereocenters. The van der Waals surface area contributed by atoms with Crippen LogP contribution in [0.2, 0.25) is 0 Å². The van der Waals surface area contributed by atoms with E-state index in [0.29, 0.717) is 5.92 Å². The first-order valence-corrected chi connectivity index (χ1v) is 4.99. The SMILES string of the molecule is Cc1cnc(C2CCCC2)c(N)c1. The van der Waals surface area contributed by atoms with Gasteiger partial charge < -0.3 is 5.73 Å². The zero-order valence-electron chi connectivity index (χ0n) is 8.09. The average Bonchev–Trinajstić information content (AvgIpc) is 2.56. The number of hydrogen-bond donors (Lipinski definition) is 1. The molecule has 2 nitrogen and oxygen atoms in total. The fourth-order valence-electron chi connectivity index (χ4n) is 2.14. The van der Waals surface area contributed by atoms with Crippen LogP contribution >= 0.6 is 0 Å². The van der Waals surface area contributed by atoms with Gasteiger partial charge in [0, 0.05) is 12.1 Å². The van der Waals surface area contributed by atoms with E-state index < -0.39 is 0 Å². The van der Waals surface area contributed by atoms with Crippen molar-refractivity contribution in [2.75, 3.05) is 5.73 Å². The molecule has 0 atom stereocenters. The van der Waals surface area contributed by atoms with E-state index in [0.717, 1.165) is 16.9 Å². The summed E-state index contributed by atoms with van der Waals surface area (Å²) in [7, 11) is 0. The summed E-state index contributed by atoms with van der Waals surface area (Å²) in [6.07, 6.45) is 7.11. The smallest absolute Gasteiger partial charge is 0.0663 e. The van der Waals surface area contributed by atoms with Gasteiger partial charge in [0.15, 0.2) is 0 Å². The highest BCUT2D eigenvalue weighted by molar-refractivity contribution is 5.46. The van der Waals surface area contributed by atoms with Gasteiger partial charge in [0.1, 0.15) is 0 Å². The summed E-state index contributed by atoms with van der Waals surface area (Å²) in [4.78, 5) is 4.43. The molecule has 1 fully saturated rings. The Hall–Kier alpha value is -1.05. The highest BCUT2D eigenvalue weighted by Gasteiger charge is 2.20. The van der Waals surface area contributed by atoms with Crippen molar-refractivity contribution in [3.63, 3.8) is 0 Å². The monoisotopic (exact) mass is 176 g/mol. The van der Waals surface area contributed by atoms with E-state index in [1.807, 2.05) is 19.2 Å². The highest BCUT2D eigenvalue weighted by Crippen LogP contribution is 2.35. The first kappa shape index (κ1) is 8.54. The molecule has 2 N–H and O–H groups in total. The average molecular weight is 176 g/mol. The molecule has 2 rings (SSSR count). The lowest BCUT2D eigenvalue weighted by atomic mass is 10.0. The Kier molecular flexibility index (Phi) is 2.21. The van der Waals surface area contributed by atoms with E-state index in [9.17, 15) is 0 Å². The van der Waals surface area contributed by atoms with E-state index in [-0.39, 0.29) is 0 Å². The Morgan fingerprint density at radius 1 is 1.38 bits per heavy atom. The first-order valence-electron chi connectivity index (χ1n) is 4.99. The molecule has 1 aromatic heterocycles. The normalized spacial score (nSPS) is 17.9. The van der Waals surface area contributed by atoms with Crippen molar-refractivity contribution in [2.45, 2.75) is 38.5 Å². The number of nitrogens with two attached hydrogens (primary N) is 1. The van der Waals surface area contributed by atoms with Gasteiger partial charge in [-0.25, -0.2) is 0 Å². The Balaban J connectivity index is 2.29. The third-order valence-corrected chi connectivity index (χ3v) is 2.83. The molecule has 1 aromatic rings. The van der Waals surface area contributed by atoms with Crippen molar-refractivity contribution in [3.05, 3.63) is 23.5 Å². The van der Waals surface area contributed by atoms with E-state index >= 15 is 0 Å². The minimum absolute atomic E-state index is 0.626. The molecule has 0 radical (unpaired) electrons. The van der Waals surface area contributed by atoms with Crippen LogP contribution in [-0.4, -0.2) is 4.98 Å². The predicted molar refractivity (Wildman–Crippen MR) is 54.6 cm³/mol. The maximum Gasteiger partial charge on any atom is 0.0663 e. The van der Waals surface area contributed by atoms with Crippen LogP contribution in [0.3, 0.4) is 0 Å². The molecule has 70 valence electrons. The fourth-order valence-corrected chi connectivity index (χ4v) is 2.14. The molecular formula is C11H16N2. The zero-order valence-corrected chi connectivity index (χ0v) is 8.09. The van der Waals surface area contributed by atoms with Gasteiger partial charge in [-0.05, 0) is 31.4 Å². The van der Waals surface area contributed by atoms with E-state index in [4.69, 9.17) is 5.73 Å². The second-order valence-corrected chi connectivity index (χ2v) is 3.97. The number of hydrogen-bond acceptors (Lipinski definition) is 2. The van der Waals surface area contributed by atoms with Crippen LogP contribution in [0.5, 0.6) is 0 Å². The molecule has 13 heavy (non-hydrogen) atoms. The lowest BCUT2D eigenvalue weighted by Gasteiger charge is -2.11. The van der Waals surface area contributed by atoms with Gasteiger partial charge in [-0.2, -0.15) is 0 Å². The van der Waals surface area contributed by atoms with Crippen LogP contribution in [0.15, 0.2) is 12.3 Å². The van der Waals surface area contributed by atoms with Crippen LogP contribution < -0.4 is 5.73 Å². The summed E-state index contributed by atoms with van der Waals surface area (Å²) in [6.45, 7) is 2.03. The maximum absolute atomic E-state index is 5.94. The molecule has 1 aliphatic carbocycles. The minimum Gasteiger partial charge on any atom is -0.397 e. The second-order valence-electron chi connectivity index (χ2n) is 3.97. The number of pyridine rings is 1. The molecule has 1 aliphatic rings. The molecular weight excluding hydrogens is 160 g/mol. The third kappa shape index (κ3) is 1.67. The van der Waals surface area contributed by atoms with Crippen LogP contribution in [0.25, 0.3) is 0 Å². The Labute approximate surface area is 79.2 Å². The van der Waals surface area contributed by atoms with Gasteiger partial charge in [-0.15, -0.1) is 0 Å². The zero-order chi connectivity index (χ0) is 9.26. The molecule has 0 spiro atoms. The van der Waals surface area contributed by atoms with Gasteiger partial charge >= 0.3 is 0 Å². The van der Waals surface area contributed by atoms with E-state index in [2.05, 4.69) is 4.98 Å². The summed E-state index contributed by atoms with van der Waals surface area (Å²) in [5.74, 6) is 0.626. The molecule has 0 aromatic carbocycles. The number of anilines is 1. The Morgan fingerprint density at radius 3 is 2.69 bits per heavy atom. The molecule has 0 amide bonds. The topological polar surface area (TPSA) is 38.9 Å². The molecule has 2 heteroatoms. The second kappa shape index (κ2) is 3.36. The van der Waals surface area contributed by atoms with E-state index in [1.165, 1.54) is 25.7 Å². The molecule has 1 heterocycles. The van der Waals surface area contributed by atoms with Crippen molar-refractivity contribution >= 4 is 5.69 Å². The largest absolute Gasteiger partial charge is 0.397 e. The molecule has 0 bridgehead atoms. The van der Waals surface area contributed by atoms with Crippen LogP contribution in [-0.2, 0) is 0 Å². The van der Waals surface area contributed by atoms with Crippen molar-refractivity contribution in [3.8, 4) is 0 Å². The van der Waals surface area contributed by atoms with Gasteiger partial charge in [-0.3, -0.25) is 4.98 Å². The lowest BCUT2D eigenvalue weighted by Crippen LogP contribution is -2.02. The maximum atomic E-state index is 5.94. The van der Waals surface area contributed by atoms with Crippen LogP contribution in [0, 0.1) is 6.92 Å². The van der Waals surface area contributed by atoms with Gasteiger partial charge in [0.25, 0.3) is 0 Å². The Bertz CT molecular complexity index is 301. The number of rotatable bonds is 1. The quantitative estimate of drug-likeness (QED) is 0.714. The molecule has 1 saturated carbocycles. The fraction of sp³-hybridized carbons (Fsp3) is 0.545. The van der Waals surface area contributed by atoms with Gasteiger partial charge in [0.05, 0.1) is 11.4 Å². The van der Waals surface area contributed by atoms with Crippen molar-refractivity contribution in [2.24, 2.45) is 0 Å². The van der Waals surface area contributed by atoms with Gasteiger partial charge in [-0.1, -0.05) is 12.8 Å². The third-order valence-electron chi connectivity index (χ3n) is 2.83. The van der Waals surface area contributed by atoms with Crippen molar-refractivity contribution in [1.82, 2.24) is 4.98 Å². The summed E-state index contributed by atoms with van der Waals surface area (Å²) >= 11 is 0. The van der Waals surface area contributed by atoms with Crippen molar-refractivity contribution < 1.29 is 0 Å². The summed E-state index contributed by atoms with van der Waals surface area (Å²) < 4.78 is 0. The van der Waals surface area contributed by atoms with Crippen molar-refractivity contribution in [1.29, 1.82) is 0 Å². The van der Waals surface area contributed by atoms with Crippen LogP contribution in [0.1, 0.15) is 42.9 Å².